The van der Waals surface area contributed by atoms with Crippen molar-refractivity contribution < 1.29 is 19.7 Å². The van der Waals surface area contributed by atoms with E-state index >= 15 is 0 Å². The number of carbonyl (C=O) groups excluding carboxylic acids is 1. The minimum atomic E-state index is -0.159. The van der Waals surface area contributed by atoms with Crippen LogP contribution < -0.4 is 0 Å². The summed E-state index contributed by atoms with van der Waals surface area (Å²) < 4.78 is 4.70. The molecule has 0 radical (unpaired) electrons. The summed E-state index contributed by atoms with van der Waals surface area (Å²) in [4.78, 5) is 11.3. The minimum Gasteiger partial charge on any atom is -0.508 e. The van der Waals surface area contributed by atoms with Crippen LogP contribution in [0.15, 0.2) is 18.2 Å². The van der Waals surface area contributed by atoms with Crippen molar-refractivity contribution in [3.8, 4) is 5.75 Å². The number of aliphatic hydroxyl groups is 1. The number of benzene rings is 1. The van der Waals surface area contributed by atoms with E-state index in [4.69, 9.17) is 9.84 Å². The smallest absolute Gasteiger partial charge is 0.308 e. The molecule has 4 heteroatoms. The lowest BCUT2D eigenvalue weighted by Crippen LogP contribution is -2.04. The molecule has 1 aromatic rings. The van der Waals surface area contributed by atoms with Gasteiger partial charge in [0.1, 0.15) is 5.75 Å². The van der Waals surface area contributed by atoms with Crippen molar-refractivity contribution in [3.05, 3.63) is 29.3 Å². The molecule has 0 bridgehead atoms. The average Bonchev–Trinajstić information content (AvgIpc) is 3.16. The van der Waals surface area contributed by atoms with Crippen LogP contribution in [-0.2, 0) is 22.6 Å². The molecule has 2 rings (SSSR count). The molecular formula is C14H18O4. The Morgan fingerprint density at radius 2 is 2.28 bits per heavy atom. The Hall–Kier alpha value is -1.55. The van der Waals surface area contributed by atoms with Gasteiger partial charge in [0, 0.05) is 5.56 Å². The molecule has 2 unspecified atom stereocenters. The second kappa shape index (κ2) is 5.40. The van der Waals surface area contributed by atoms with Gasteiger partial charge < -0.3 is 14.9 Å². The molecule has 0 heterocycles. The van der Waals surface area contributed by atoms with Gasteiger partial charge in [-0.25, -0.2) is 0 Å². The van der Waals surface area contributed by atoms with Crippen molar-refractivity contribution in [3.63, 3.8) is 0 Å². The molecule has 1 saturated carbocycles. The molecule has 0 spiro atoms. The monoisotopic (exact) mass is 250 g/mol. The van der Waals surface area contributed by atoms with Gasteiger partial charge in [-0.1, -0.05) is 6.07 Å². The lowest BCUT2D eigenvalue weighted by molar-refractivity contribution is -0.142. The maximum Gasteiger partial charge on any atom is 0.308 e. The van der Waals surface area contributed by atoms with Gasteiger partial charge in [0.25, 0.3) is 0 Å². The van der Waals surface area contributed by atoms with Crippen molar-refractivity contribution in [2.45, 2.75) is 25.9 Å². The van der Waals surface area contributed by atoms with E-state index in [0.717, 1.165) is 24.8 Å². The van der Waals surface area contributed by atoms with E-state index in [1.807, 2.05) is 12.1 Å². The molecular weight excluding hydrogens is 232 g/mol. The fourth-order valence-electron chi connectivity index (χ4n) is 2.28. The first-order chi connectivity index (χ1) is 8.65. The summed E-state index contributed by atoms with van der Waals surface area (Å²) >= 11 is 0. The van der Waals surface area contributed by atoms with Crippen molar-refractivity contribution >= 4 is 5.97 Å². The average molecular weight is 250 g/mol. The third-order valence-electron chi connectivity index (χ3n) is 3.54. The lowest BCUT2D eigenvalue weighted by atomic mass is 10.0. The molecule has 2 N–H and O–H groups in total. The SMILES string of the molecule is COC(=O)C1CC1CCc1ccc(O)c(CO)c1. The number of phenols is 1. The summed E-state index contributed by atoms with van der Waals surface area (Å²) in [7, 11) is 1.42. The lowest BCUT2D eigenvalue weighted by Gasteiger charge is -2.05. The summed E-state index contributed by atoms with van der Waals surface area (Å²) in [5, 5.41) is 18.5. The molecule has 98 valence electrons. The topological polar surface area (TPSA) is 66.8 Å². The number of rotatable bonds is 5. The second-order valence-electron chi connectivity index (χ2n) is 4.79. The highest BCUT2D eigenvalue weighted by Crippen LogP contribution is 2.42. The third-order valence-corrected chi connectivity index (χ3v) is 3.54. The molecule has 1 fully saturated rings. The van der Waals surface area contributed by atoms with Gasteiger partial charge in [-0.15, -0.1) is 0 Å². The number of hydrogen-bond acceptors (Lipinski definition) is 4. The number of hydrogen-bond donors (Lipinski definition) is 2. The summed E-state index contributed by atoms with van der Waals surface area (Å²) in [6.07, 6.45) is 2.71. The van der Waals surface area contributed by atoms with Crippen LogP contribution in [0, 0.1) is 11.8 Å². The van der Waals surface area contributed by atoms with Crippen molar-refractivity contribution in [2.24, 2.45) is 11.8 Å². The van der Waals surface area contributed by atoms with Crippen LogP contribution in [0.1, 0.15) is 24.0 Å². The first kappa shape index (κ1) is 12.9. The molecule has 18 heavy (non-hydrogen) atoms. The molecule has 2 atom stereocenters. The first-order valence-corrected chi connectivity index (χ1v) is 6.15. The molecule has 0 amide bonds. The van der Waals surface area contributed by atoms with Crippen LogP contribution in [-0.4, -0.2) is 23.3 Å². The van der Waals surface area contributed by atoms with Crippen LogP contribution in [0.5, 0.6) is 5.75 Å². The Bertz CT molecular complexity index is 441. The fourth-order valence-corrected chi connectivity index (χ4v) is 2.28. The molecule has 4 nitrogen and oxygen atoms in total. The molecule has 0 saturated heterocycles. The number of aryl methyl sites for hydroxylation is 1. The Morgan fingerprint density at radius 1 is 1.50 bits per heavy atom. The van der Waals surface area contributed by atoms with E-state index < -0.39 is 0 Å². The highest BCUT2D eigenvalue weighted by atomic mass is 16.5. The number of aliphatic hydroxyl groups excluding tert-OH is 1. The molecule has 1 aliphatic rings. The summed E-state index contributed by atoms with van der Waals surface area (Å²) in [5.41, 5.74) is 1.63. The normalized spacial score (nSPS) is 21.7. The zero-order valence-electron chi connectivity index (χ0n) is 10.4. The fraction of sp³-hybridized carbons (Fsp3) is 0.500. The van der Waals surface area contributed by atoms with Crippen molar-refractivity contribution in [1.29, 1.82) is 0 Å². The Morgan fingerprint density at radius 3 is 2.94 bits per heavy atom. The van der Waals surface area contributed by atoms with E-state index in [1.165, 1.54) is 7.11 Å². The zero-order valence-corrected chi connectivity index (χ0v) is 10.4. The van der Waals surface area contributed by atoms with Crippen LogP contribution in [0.2, 0.25) is 0 Å². The molecule has 1 aromatic carbocycles. The number of aromatic hydroxyl groups is 1. The van der Waals surface area contributed by atoms with Crippen LogP contribution >= 0.6 is 0 Å². The second-order valence-corrected chi connectivity index (χ2v) is 4.79. The van der Waals surface area contributed by atoms with Gasteiger partial charge in [0.15, 0.2) is 0 Å². The third kappa shape index (κ3) is 2.82. The highest BCUT2D eigenvalue weighted by Gasteiger charge is 2.43. The Labute approximate surface area is 106 Å². The number of esters is 1. The van der Waals surface area contributed by atoms with Gasteiger partial charge in [0.05, 0.1) is 19.6 Å². The van der Waals surface area contributed by atoms with Gasteiger partial charge in [-0.2, -0.15) is 0 Å². The van der Waals surface area contributed by atoms with E-state index in [9.17, 15) is 9.90 Å². The summed E-state index contributed by atoms with van der Waals surface area (Å²) in [6, 6.07) is 5.26. The van der Waals surface area contributed by atoms with Crippen LogP contribution in [0.25, 0.3) is 0 Å². The number of methoxy groups -OCH3 is 1. The predicted octanol–water partition coefficient (Wildman–Crippen LogP) is 1.63. The van der Waals surface area contributed by atoms with Gasteiger partial charge in [-0.05, 0) is 42.9 Å². The first-order valence-electron chi connectivity index (χ1n) is 6.15. The molecule has 0 aliphatic heterocycles. The maximum absolute atomic E-state index is 11.3. The Balaban J connectivity index is 1.86. The van der Waals surface area contributed by atoms with Gasteiger partial charge in [0.2, 0.25) is 0 Å². The minimum absolute atomic E-state index is 0.0735. The van der Waals surface area contributed by atoms with E-state index in [1.54, 1.807) is 6.07 Å². The molecule has 0 aromatic heterocycles. The zero-order chi connectivity index (χ0) is 13.1. The maximum atomic E-state index is 11.3. The number of carbonyl (C=O) groups is 1. The quantitative estimate of drug-likeness (QED) is 0.779. The predicted molar refractivity (Wildman–Crippen MR) is 66.0 cm³/mol. The highest BCUT2D eigenvalue weighted by molar-refractivity contribution is 5.75. The van der Waals surface area contributed by atoms with Crippen molar-refractivity contribution in [2.75, 3.05) is 7.11 Å². The van der Waals surface area contributed by atoms with E-state index in [2.05, 4.69) is 0 Å². The van der Waals surface area contributed by atoms with E-state index in [0.29, 0.717) is 11.5 Å². The van der Waals surface area contributed by atoms with Gasteiger partial charge in [-0.3, -0.25) is 4.79 Å². The summed E-state index contributed by atoms with van der Waals surface area (Å²) in [5.74, 6) is 0.509. The van der Waals surface area contributed by atoms with E-state index in [-0.39, 0.29) is 24.2 Å². The largest absolute Gasteiger partial charge is 0.508 e. The molecule has 1 aliphatic carbocycles. The number of ether oxygens (including phenoxy) is 1. The van der Waals surface area contributed by atoms with Gasteiger partial charge >= 0.3 is 5.97 Å². The van der Waals surface area contributed by atoms with Crippen LogP contribution in [0.3, 0.4) is 0 Å². The van der Waals surface area contributed by atoms with Crippen LogP contribution in [0.4, 0.5) is 0 Å². The summed E-state index contributed by atoms with van der Waals surface area (Å²) in [6.45, 7) is -0.159. The van der Waals surface area contributed by atoms with Crippen molar-refractivity contribution in [1.82, 2.24) is 0 Å². The Kier molecular flexibility index (Phi) is 3.87. The standard InChI is InChI=1S/C14H18O4/c1-18-14(17)12-7-10(12)4-2-9-3-5-13(16)11(6-9)8-15/h3,5-6,10,12,15-16H,2,4,7-8H2,1H3.